The van der Waals surface area contributed by atoms with Crippen LogP contribution in [0.4, 0.5) is 5.69 Å². The van der Waals surface area contributed by atoms with Gasteiger partial charge in [0.05, 0.1) is 6.54 Å². The van der Waals surface area contributed by atoms with Crippen LogP contribution in [0, 0.1) is 9.85 Å². The van der Waals surface area contributed by atoms with Crippen molar-refractivity contribution in [3.05, 3.63) is 30.3 Å². The summed E-state index contributed by atoms with van der Waals surface area (Å²) in [5.41, 5.74) is 1.12. The van der Waals surface area contributed by atoms with Crippen LogP contribution in [-0.4, -0.2) is 6.54 Å². The van der Waals surface area contributed by atoms with E-state index in [1.54, 1.807) is 0 Å². The van der Waals surface area contributed by atoms with Crippen LogP contribution in [0.3, 0.4) is 0 Å². The van der Waals surface area contributed by atoms with Gasteiger partial charge in [-0.2, -0.15) is 0 Å². The number of rotatable bonds is 2. The first-order valence-corrected chi connectivity index (χ1v) is 4.39. The first-order valence-electron chi connectivity index (χ1n) is 3.31. The van der Waals surface area contributed by atoms with E-state index >= 15 is 0 Å². The van der Waals surface area contributed by atoms with E-state index in [4.69, 9.17) is 0 Å². The molecule has 0 saturated carbocycles. The topological polar surface area (TPSA) is 12.0 Å². The molecule has 0 atom stereocenters. The van der Waals surface area contributed by atoms with Gasteiger partial charge in [-0.05, 0) is 16.1 Å². The fraction of sp³-hybridized carbons (Fsp3) is 0.111. The average Bonchev–Trinajstić information content (AvgIpc) is 2.07. The third kappa shape index (κ3) is 3.28. The Labute approximate surface area is 80.3 Å². The smallest absolute Gasteiger partial charge is 0.0774 e. The number of para-hydroxylation sites is 1. The van der Waals surface area contributed by atoms with Crippen LogP contribution in [0.2, 0.25) is 0 Å². The van der Waals surface area contributed by atoms with Gasteiger partial charge in [-0.3, -0.25) is 0 Å². The second-order valence-corrected chi connectivity index (χ2v) is 2.53. The third-order valence-electron chi connectivity index (χ3n) is 1.22. The van der Waals surface area contributed by atoms with Crippen molar-refractivity contribution in [1.29, 1.82) is 0 Å². The highest BCUT2D eigenvalue weighted by molar-refractivity contribution is 14.1. The molecule has 11 heavy (non-hydrogen) atoms. The van der Waals surface area contributed by atoms with Crippen molar-refractivity contribution >= 4 is 28.3 Å². The van der Waals surface area contributed by atoms with E-state index in [0.29, 0.717) is 6.54 Å². The van der Waals surface area contributed by atoms with Crippen LogP contribution < -0.4 is 5.32 Å². The molecule has 2 heteroatoms. The van der Waals surface area contributed by atoms with E-state index in [9.17, 15) is 0 Å². The zero-order chi connectivity index (χ0) is 7.94. The first-order chi connectivity index (χ1) is 5.43. The predicted octanol–water partition coefficient (Wildman–Crippen LogP) is 2.49. The second-order valence-electron chi connectivity index (χ2n) is 1.99. The van der Waals surface area contributed by atoms with Gasteiger partial charge in [0.15, 0.2) is 0 Å². The van der Waals surface area contributed by atoms with Gasteiger partial charge >= 0.3 is 0 Å². The van der Waals surface area contributed by atoms with Crippen LogP contribution in [0.25, 0.3) is 0 Å². The molecule has 0 aliphatic carbocycles. The second kappa shape index (κ2) is 5.03. The largest absolute Gasteiger partial charge is 0.374 e. The fourth-order valence-electron chi connectivity index (χ4n) is 0.736. The summed E-state index contributed by atoms with van der Waals surface area (Å²) in [4.78, 5) is 0. The normalized spacial score (nSPS) is 8.09. The van der Waals surface area contributed by atoms with Crippen molar-refractivity contribution in [2.24, 2.45) is 0 Å². The summed E-state index contributed by atoms with van der Waals surface area (Å²) in [7, 11) is 0. The monoisotopic (exact) mass is 257 g/mol. The van der Waals surface area contributed by atoms with E-state index < -0.39 is 0 Å². The summed E-state index contributed by atoms with van der Waals surface area (Å²) in [5.74, 6) is 2.92. The van der Waals surface area contributed by atoms with Gasteiger partial charge in [-0.1, -0.05) is 24.1 Å². The minimum atomic E-state index is 0.715. The highest BCUT2D eigenvalue weighted by Crippen LogP contribution is 2.03. The molecular weight excluding hydrogens is 249 g/mol. The summed E-state index contributed by atoms with van der Waals surface area (Å²) >= 11 is 2.03. The summed E-state index contributed by atoms with van der Waals surface area (Å²) in [6.07, 6.45) is 0. The van der Waals surface area contributed by atoms with Crippen LogP contribution in [0.15, 0.2) is 30.3 Å². The van der Waals surface area contributed by atoms with E-state index in [1.807, 2.05) is 52.9 Å². The molecule has 0 fully saturated rings. The van der Waals surface area contributed by atoms with Crippen LogP contribution in [0.1, 0.15) is 0 Å². The number of nitrogens with one attached hydrogen (secondary N) is 1. The molecule has 1 aromatic carbocycles. The molecule has 0 heterocycles. The molecular formula is C9H8IN. The van der Waals surface area contributed by atoms with Crippen molar-refractivity contribution < 1.29 is 0 Å². The maximum atomic E-state index is 3.17. The number of hydrogen-bond donors (Lipinski definition) is 1. The highest BCUT2D eigenvalue weighted by Gasteiger charge is 1.83. The molecule has 0 aliphatic rings. The molecule has 0 unspecified atom stereocenters. The van der Waals surface area contributed by atoms with Gasteiger partial charge in [-0.25, -0.2) is 0 Å². The molecule has 0 aromatic heterocycles. The molecule has 0 radical (unpaired) electrons. The Balaban J connectivity index is 2.43. The molecule has 0 saturated heterocycles. The van der Waals surface area contributed by atoms with Gasteiger partial charge in [0, 0.05) is 28.3 Å². The Morgan fingerprint density at radius 1 is 1.27 bits per heavy atom. The molecule has 0 spiro atoms. The SMILES string of the molecule is IC#CCNc1ccccc1. The predicted molar refractivity (Wildman–Crippen MR) is 56.7 cm³/mol. The molecule has 1 nitrogen and oxygen atoms in total. The fourth-order valence-corrected chi connectivity index (χ4v) is 0.926. The van der Waals surface area contributed by atoms with Crippen molar-refractivity contribution in [2.45, 2.75) is 0 Å². The number of halogens is 1. The Kier molecular flexibility index (Phi) is 3.84. The average molecular weight is 257 g/mol. The highest BCUT2D eigenvalue weighted by atomic mass is 127. The zero-order valence-corrected chi connectivity index (χ0v) is 8.13. The first kappa shape index (κ1) is 8.41. The van der Waals surface area contributed by atoms with Crippen molar-refractivity contribution in [1.82, 2.24) is 0 Å². The summed E-state index contributed by atoms with van der Waals surface area (Å²) < 4.78 is 2.80. The summed E-state index contributed by atoms with van der Waals surface area (Å²) in [5, 5.41) is 3.17. The molecule has 0 amide bonds. The van der Waals surface area contributed by atoms with E-state index in [1.165, 1.54) is 0 Å². The van der Waals surface area contributed by atoms with Crippen molar-refractivity contribution in [3.8, 4) is 9.85 Å². The minimum Gasteiger partial charge on any atom is -0.374 e. The molecule has 1 N–H and O–H groups in total. The van der Waals surface area contributed by atoms with E-state index in [2.05, 4.69) is 15.2 Å². The maximum absolute atomic E-state index is 3.17. The third-order valence-corrected chi connectivity index (χ3v) is 1.60. The van der Waals surface area contributed by atoms with Crippen LogP contribution >= 0.6 is 22.6 Å². The van der Waals surface area contributed by atoms with Crippen LogP contribution in [0.5, 0.6) is 0 Å². The Bertz CT molecular complexity index is 258. The molecule has 1 aromatic rings. The Morgan fingerprint density at radius 2 is 2.00 bits per heavy atom. The molecule has 0 bridgehead atoms. The molecule has 56 valence electrons. The lowest BCUT2D eigenvalue weighted by molar-refractivity contribution is 1.38. The van der Waals surface area contributed by atoms with E-state index in [-0.39, 0.29) is 0 Å². The lowest BCUT2D eigenvalue weighted by Gasteiger charge is -1.99. The molecule has 1 rings (SSSR count). The van der Waals surface area contributed by atoms with Gasteiger partial charge in [0.2, 0.25) is 0 Å². The van der Waals surface area contributed by atoms with Gasteiger partial charge < -0.3 is 5.32 Å². The van der Waals surface area contributed by atoms with Crippen molar-refractivity contribution in [2.75, 3.05) is 11.9 Å². The van der Waals surface area contributed by atoms with Gasteiger partial charge in [0.1, 0.15) is 0 Å². The van der Waals surface area contributed by atoms with Gasteiger partial charge in [-0.15, -0.1) is 0 Å². The lowest BCUT2D eigenvalue weighted by Crippen LogP contribution is -1.97. The van der Waals surface area contributed by atoms with Crippen molar-refractivity contribution in [3.63, 3.8) is 0 Å². The van der Waals surface area contributed by atoms with E-state index in [0.717, 1.165) is 5.69 Å². The molecule has 0 aliphatic heterocycles. The standard InChI is InChI=1S/C9H8IN/c10-7-4-8-11-9-5-2-1-3-6-9/h1-3,5-6,11H,8H2. The summed E-state index contributed by atoms with van der Waals surface area (Å²) in [6, 6.07) is 10.0. The van der Waals surface area contributed by atoms with Gasteiger partial charge in [0.25, 0.3) is 0 Å². The quantitative estimate of drug-likeness (QED) is 0.634. The number of benzene rings is 1. The number of hydrogen-bond acceptors (Lipinski definition) is 1. The zero-order valence-electron chi connectivity index (χ0n) is 5.97. The Hall–Kier alpha value is -0.690. The minimum absolute atomic E-state index is 0.715. The summed E-state index contributed by atoms with van der Waals surface area (Å²) in [6.45, 7) is 0.715. The maximum Gasteiger partial charge on any atom is 0.0774 e. The Morgan fingerprint density at radius 3 is 2.64 bits per heavy atom. The lowest BCUT2D eigenvalue weighted by atomic mass is 10.3. The number of anilines is 1. The van der Waals surface area contributed by atoms with Crippen LogP contribution in [-0.2, 0) is 0 Å².